The zero-order valence-electron chi connectivity index (χ0n) is 11.7. The number of hydrogen-bond donors (Lipinski definition) is 2. The first kappa shape index (κ1) is 14.7. The Hall–Kier alpha value is -1.36. The predicted molar refractivity (Wildman–Crippen MR) is 72.0 cm³/mol. The number of hydrogen-bond acceptors (Lipinski definition) is 3. The summed E-state index contributed by atoms with van der Waals surface area (Å²) in [6.07, 6.45) is 3.69. The molecule has 102 valence electrons. The first-order chi connectivity index (χ1) is 8.58. The van der Waals surface area contributed by atoms with Crippen molar-refractivity contribution in [3.05, 3.63) is 18.0 Å². The predicted octanol–water partition coefficient (Wildman–Crippen LogP) is 1.20. The van der Waals surface area contributed by atoms with Crippen LogP contribution >= 0.6 is 0 Å². The minimum atomic E-state index is -0.194. The lowest BCUT2D eigenvalue weighted by Gasteiger charge is -2.19. The molecule has 5 heteroatoms. The van der Waals surface area contributed by atoms with E-state index in [0.29, 0.717) is 6.54 Å². The summed E-state index contributed by atoms with van der Waals surface area (Å²) in [4.78, 5) is 11.9. The van der Waals surface area contributed by atoms with Crippen LogP contribution in [0.3, 0.4) is 0 Å². The van der Waals surface area contributed by atoms with Crippen LogP contribution in [0.1, 0.15) is 39.3 Å². The number of nitrogens with zero attached hydrogens (tertiary/aromatic N) is 2. The van der Waals surface area contributed by atoms with Crippen LogP contribution in [-0.2, 0) is 18.4 Å². The monoisotopic (exact) mass is 252 g/mol. The van der Waals surface area contributed by atoms with E-state index in [1.165, 1.54) is 0 Å². The fourth-order valence-corrected chi connectivity index (χ4v) is 1.74. The number of aryl methyl sites for hydroxylation is 1. The molecule has 0 aromatic carbocycles. The Morgan fingerprint density at radius 1 is 1.44 bits per heavy atom. The lowest BCUT2D eigenvalue weighted by atomic mass is 10.1. The van der Waals surface area contributed by atoms with Gasteiger partial charge in [-0.25, -0.2) is 0 Å². The highest BCUT2D eigenvalue weighted by atomic mass is 16.2. The molecular weight excluding hydrogens is 228 g/mol. The Labute approximate surface area is 109 Å². The fraction of sp³-hybridized carbons (Fsp3) is 0.692. The third kappa shape index (κ3) is 4.14. The minimum absolute atomic E-state index is 0.0610. The second-order valence-electron chi connectivity index (χ2n) is 4.57. The highest BCUT2D eigenvalue weighted by molar-refractivity contribution is 5.81. The Kier molecular flexibility index (Phi) is 5.85. The largest absolute Gasteiger partial charge is 0.352 e. The van der Waals surface area contributed by atoms with Crippen LogP contribution in [0.15, 0.2) is 12.3 Å². The van der Waals surface area contributed by atoms with Gasteiger partial charge < -0.3 is 10.6 Å². The molecule has 0 fully saturated rings. The van der Waals surface area contributed by atoms with Gasteiger partial charge >= 0.3 is 0 Å². The van der Waals surface area contributed by atoms with Crippen LogP contribution in [0.2, 0.25) is 0 Å². The van der Waals surface area contributed by atoms with E-state index in [2.05, 4.69) is 29.6 Å². The summed E-state index contributed by atoms with van der Waals surface area (Å²) in [5.41, 5.74) is 1.07. The normalized spacial score (nSPS) is 12.7. The third-order valence-corrected chi connectivity index (χ3v) is 3.24. The van der Waals surface area contributed by atoms with E-state index in [4.69, 9.17) is 0 Å². The summed E-state index contributed by atoms with van der Waals surface area (Å²) < 4.78 is 1.80. The molecule has 1 unspecified atom stereocenters. The van der Waals surface area contributed by atoms with Crippen molar-refractivity contribution in [1.82, 2.24) is 20.4 Å². The zero-order chi connectivity index (χ0) is 13.5. The maximum atomic E-state index is 11.9. The van der Waals surface area contributed by atoms with Crippen LogP contribution in [-0.4, -0.2) is 27.8 Å². The van der Waals surface area contributed by atoms with E-state index in [1.807, 2.05) is 20.0 Å². The molecule has 0 aliphatic heterocycles. The number of carbonyl (C=O) groups excluding carboxylic acids is 1. The smallest absolute Gasteiger partial charge is 0.237 e. The molecule has 1 aromatic heterocycles. The summed E-state index contributed by atoms with van der Waals surface area (Å²) in [6.45, 7) is 6.70. The SMILES string of the molecule is CCC(CC)NC(=O)C(C)NCc1ccnn1C. The molecule has 1 heterocycles. The van der Waals surface area contributed by atoms with Gasteiger partial charge in [0.15, 0.2) is 0 Å². The Bertz CT molecular complexity index is 371. The van der Waals surface area contributed by atoms with Crippen LogP contribution < -0.4 is 10.6 Å². The van der Waals surface area contributed by atoms with Crippen LogP contribution in [0.4, 0.5) is 0 Å². The number of amides is 1. The summed E-state index contributed by atoms with van der Waals surface area (Å²) in [6, 6.07) is 2.03. The molecule has 0 aliphatic rings. The summed E-state index contributed by atoms with van der Waals surface area (Å²) in [5.74, 6) is 0.0610. The minimum Gasteiger partial charge on any atom is -0.352 e. The van der Waals surface area contributed by atoms with E-state index >= 15 is 0 Å². The van der Waals surface area contributed by atoms with E-state index in [9.17, 15) is 4.79 Å². The molecule has 0 radical (unpaired) electrons. The van der Waals surface area contributed by atoms with Gasteiger partial charge in [0.25, 0.3) is 0 Å². The van der Waals surface area contributed by atoms with Gasteiger partial charge in [-0.1, -0.05) is 13.8 Å². The Morgan fingerprint density at radius 2 is 2.11 bits per heavy atom. The number of aromatic nitrogens is 2. The van der Waals surface area contributed by atoms with Crippen LogP contribution in [0.5, 0.6) is 0 Å². The molecule has 1 atom stereocenters. The van der Waals surface area contributed by atoms with Crippen molar-refractivity contribution >= 4 is 5.91 Å². The molecule has 2 N–H and O–H groups in total. The van der Waals surface area contributed by atoms with E-state index in [-0.39, 0.29) is 18.0 Å². The second kappa shape index (κ2) is 7.16. The van der Waals surface area contributed by atoms with E-state index in [0.717, 1.165) is 18.5 Å². The van der Waals surface area contributed by atoms with Crippen molar-refractivity contribution in [1.29, 1.82) is 0 Å². The fourth-order valence-electron chi connectivity index (χ4n) is 1.74. The van der Waals surface area contributed by atoms with Crippen molar-refractivity contribution in [3.63, 3.8) is 0 Å². The standard InChI is InChI=1S/C13H24N4O/c1-5-11(6-2)16-13(18)10(3)14-9-12-7-8-15-17(12)4/h7-8,10-11,14H,5-6,9H2,1-4H3,(H,16,18). The second-order valence-corrected chi connectivity index (χ2v) is 4.57. The van der Waals surface area contributed by atoms with Gasteiger partial charge in [0.05, 0.1) is 11.7 Å². The van der Waals surface area contributed by atoms with Crippen LogP contribution in [0, 0.1) is 0 Å². The van der Waals surface area contributed by atoms with E-state index in [1.54, 1.807) is 10.9 Å². The topological polar surface area (TPSA) is 59.0 Å². The average Bonchev–Trinajstić information content (AvgIpc) is 2.78. The average molecular weight is 252 g/mol. The molecular formula is C13H24N4O. The van der Waals surface area contributed by atoms with Gasteiger partial charge in [-0.15, -0.1) is 0 Å². The first-order valence-electron chi connectivity index (χ1n) is 6.59. The van der Waals surface area contributed by atoms with Crippen molar-refractivity contribution in [3.8, 4) is 0 Å². The lowest BCUT2D eigenvalue weighted by Crippen LogP contribution is -2.45. The van der Waals surface area contributed by atoms with E-state index < -0.39 is 0 Å². The van der Waals surface area contributed by atoms with Gasteiger partial charge in [-0.05, 0) is 25.8 Å². The summed E-state index contributed by atoms with van der Waals surface area (Å²) >= 11 is 0. The molecule has 18 heavy (non-hydrogen) atoms. The maximum Gasteiger partial charge on any atom is 0.237 e. The van der Waals surface area contributed by atoms with Gasteiger partial charge in [-0.2, -0.15) is 5.10 Å². The Balaban J connectivity index is 2.38. The summed E-state index contributed by atoms with van der Waals surface area (Å²) in [7, 11) is 1.89. The molecule has 1 rings (SSSR count). The molecule has 1 aromatic rings. The van der Waals surface area contributed by atoms with Crippen LogP contribution in [0.25, 0.3) is 0 Å². The molecule has 0 spiro atoms. The lowest BCUT2D eigenvalue weighted by molar-refractivity contribution is -0.123. The highest BCUT2D eigenvalue weighted by Gasteiger charge is 2.15. The summed E-state index contributed by atoms with van der Waals surface area (Å²) in [5, 5.41) is 10.3. The maximum absolute atomic E-state index is 11.9. The molecule has 0 saturated heterocycles. The van der Waals surface area contributed by atoms with Gasteiger partial charge in [0, 0.05) is 25.8 Å². The molecule has 0 aliphatic carbocycles. The van der Waals surface area contributed by atoms with Gasteiger partial charge in [-0.3, -0.25) is 9.48 Å². The highest BCUT2D eigenvalue weighted by Crippen LogP contribution is 1.99. The molecule has 1 amide bonds. The molecule has 0 bridgehead atoms. The van der Waals surface area contributed by atoms with Crippen molar-refractivity contribution in [2.75, 3.05) is 0 Å². The quantitative estimate of drug-likeness (QED) is 0.766. The van der Waals surface area contributed by atoms with Crippen molar-refractivity contribution in [2.45, 2.75) is 52.2 Å². The first-order valence-corrected chi connectivity index (χ1v) is 6.59. The molecule has 5 nitrogen and oxygen atoms in total. The Morgan fingerprint density at radius 3 is 2.61 bits per heavy atom. The van der Waals surface area contributed by atoms with Gasteiger partial charge in [0.1, 0.15) is 0 Å². The number of carbonyl (C=O) groups is 1. The molecule has 0 saturated carbocycles. The van der Waals surface area contributed by atoms with Crippen molar-refractivity contribution < 1.29 is 4.79 Å². The zero-order valence-corrected chi connectivity index (χ0v) is 11.7. The number of rotatable bonds is 7. The number of nitrogens with one attached hydrogen (secondary N) is 2. The van der Waals surface area contributed by atoms with Gasteiger partial charge in [0.2, 0.25) is 5.91 Å². The van der Waals surface area contributed by atoms with Crippen molar-refractivity contribution in [2.24, 2.45) is 7.05 Å². The third-order valence-electron chi connectivity index (χ3n) is 3.24.